The van der Waals surface area contributed by atoms with Gasteiger partial charge in [0.05, 0.1) is 0 Å². The number of hydrogen-bond donors (Lipinski definition) is 2. The molecule has 0 heterocycles. The van der Waals surface area contributed by atoms with Gasteiger partial charge in [0, 0.05) is 5.56 Å². The van der Waals surface area contributed by atoms with Gasteiger partial charge in [-0.05, 0) is 68.7 Å². The van der Waals surface area contributed by atoms with E-state index in [-0.39, 0.29) is 5.84 Å². The second-order valence-electron chi connectivity index (χ2n) is 5.96. The summed E-state index contributed by atoms with van der Waals surface area (Å²) in [5.74, 6) is 1.78. The fourth-order valence-electron chi connectivity index (χ4n) is 3.24. The molecule has 2 atom stereocenters. The van der Waals surface area contributed by atoms with Crippen LogP contribution in [0.1, 0.15) is 55.7 Å². The lowest BCUT2D eigenvalue weighted by molar-refractivity contribution is 0.0890. The molecule has 0 amide bonds. The second-order valence-corrected chi connectivity index (χ2v) is 5.96. The highest BCUT2D eigenvalue weighted by molar-refractivity contribution is 5.95. The lowest BCUT2D eigenvalue weighted by Crippen LogP contribution is -2.30. The van der Waals surface area contributed by atoms with Crippen LogP contribution in [0, 0.1) is 25.2 Å². The highest BCUT2D eigenvalue weighted by Gasteiger charge is 2.26. The van der Waals surface area contributed by atoms with E-state index >= 15 is 0 Å². The molecule has 20 heavy (non-hydrogen) atoms. The topological polar surface area (TPSA) is 59.1 Å². The molecular formula is C17H26N2O. The molecule has 110 valence electrons. The normalized spacial score (nSPS) is 22.6. The Bertz CT molecular complexity index is 473. The van der Waals surface area contributed by atoms with Crippen LogP contribution in [0.5, 0.6) is 5.75 Å². The molecule has 2 rings (SSSR count). The first-order valence-electron chi connectivity index (χ1n) is 7.65. The molecule has 1 saturated carbocycles. The fraction of sp³-hybridized carbons (Fsp3) is 0.588. The molecule has 1 fully saturated rings. The van der Waals surface area contributed by atoms with Gasteiger partial charge in [-0.3, -0.25) is 5.41 Å². The van der Waals surface area contributed by atoms with Crippen molar-refractivity contribution in [3.63, 3.8) is 0 Å². The van der Waals surface area contributed by atoms with Crippen molar-refractivity contribution in [2.45, 2.75) is 59.0 Å². The van der Waals surface area contributed by atoms with Crippen molar-refractivity contribution in [1.82, 2.24) is 0 Å². The monoisotopic (exact) mass is 274 g/mol. The first-order valence-corrected chi connectivity index (χ1v) is 7.65. The highest BCUT2D eigenvalue weighted by Crippen LogP contribution is 2.33. The van der Waals surface area contributed by atoms with Crippen LogP contribution >= 0.6 is 0 Å². The second kappa shape index (κ2) is 6.29. The molecule has 0 bridgehead atoms. The Hall–Kier alpha value is -1.51. The zero-order valence-corrected chi connectivity index (χ0v) is 12.8. The van der Waals surface area contributed by atoms with E-state index in [0.717, 1.165) is 28.9 Å². The number of benzene rings is 1. The van der Waals surface area contributed by atoms with Gasteiger partial charge < -0.3 is 10.5 Å². The molecule has 3 nitrogen and oxygen atoms in total. The minimum atomic E-state index is 0.117. The summed E-state index contributed by atoms with van der Waals surface area (Å²) >= 11 is 0. The number of rotatable bonds is 4. The number of nitrogen functional groups attached to an aromatic ring is 1. The molecule has 1 aliphatic rings. The van der Waals surface area contributed by atoms with Crippen molar-refractivity contribution < 1.29 is 4.74 Å². The van der Waals surface area contributed by atoms with Crippen LogP contribution in [0.25, 0.3) is 0 Å². The van der Waals surface area contributed by atoms with Crippen LogP contribution in [-0.4, -0.2) is 11.9 Å². The Kier molecular flexibility index (Phi) is 4.69. The van der Waals surface area contributed by atoms with Crippen molar-refractivity contribution in [3.05, 3.63) is 28.8 Å². The predicted molar refractivity (Wildman–Crippen MR) is 83.6 cm³/mol. The zero-order valence-electron chi connectivity index (χ0n) is 12.8. The largest absolute Gasteiger partial charge is 0.490 e. The maximum Gasteiger partial charge on any atom is 0.125 e. The third kappa shape index (κ3) is 3.14. The van der Waals surface area contributed by atoms with Gasteiger partial charge in [-0.1, -0.05) is 13.3 Å². The summed E-state index contributed by atoms with van der Waals surface area (Å²) in [5, 5.41) is 7.55. The van der Waals surface area contributed by atoms with Crippen molar-refractivity contribution in [2.24, 2.45) is 11.7 Å². The van der Waals surface area contributed by atoms with Crippen LogP contribution in [0.2, 0.25) is 0 Å². The van der Waals surface area contributed by atoms with Crippen LogP contribution < -0.4 is 10.5 Å². The number of aryl methyl sites for hydroxylation is 2. The van der Waals surface area contributed by atoms with Gasteiger partial charge in [0.1, 0.15) is 17.7 Å². The van der Waals surface area contributed by atoms with E-state index in [2.05, 4.69) is 6.92 Å². The van der Waals surface area contributed by atoms with Gasteiger partial charge in [0.2, 0.25) is 0 Å². The lowest BCUT2D eigenvalue weighted by Gasteiger charge is -2.32. The molecule has 3 heteroatoms. The smallest absolute Gasteiger partial charge is 0.125 e. The number of ether oxygens (including phenoxy) is 1. The standard InChI is InChI=1S/C17H26N2O/c1-4-13-7-5-6-8-15(13)20-16-11(2)9-14(17(18)19)10-12(16)3/h9-10,13,15H,4-8H2,1-3H3,(H3,18,19). The third-order valence-electron chi connectivity index (χ3n) is 4.40. The van der Waals surface area contributed by atoms with Crippen molar-refractivity contribution in [2.75, 3.05) is 0 Å². The summed E-state index contributed by atoms with van der Waals surface area (Å²) in [6.45, 7) is 6.34. The molecule has 0 aliphatic heterocycles. The molecule has 1 aromatic rings. The molecule has 0 aromatic heterocycles. The summed E-state index contributed by atoms with van der Waals surface area (Å²) in [6, 6.07) is 3.91. The van der Waals surface area contributed by atoms with Gasteiger partial charge in [0.25, 0.3) is 0 Å². The predicted octanol–water partition coefficient (Wildman–Crippen LogP) is 3.94. The summed E-state index contributed by atoms with van der Waals surface area (Å²) in [4.78, 5) is 0. The van der Waals surface area contributed by atoms with E-state index < -0.39 is 0 Å². The summed E-state index contributed by atoms with van der Waals surface area (Å²) in [6.07, 6.45) is 6.57. The van der Waals surface area contributed by atoms with Crippen LogP contribution in [0.3, 0.4) is 0 Å². The van der Waals surface area contributed by atoms with E-state index in [1.54, 1.807) is 0 Å². The van der Waals surface area contributed by atoms with Crippen LogP contribution in [0.15, 0.2) is 12.1 Å². The molecule has 1 aliphatic carbocycles. The van der Waals surface area contributed by atoms with E-state index in [1.807, 2.05) is 26.0 Å². The van der Waals surface area contributed by atoms with Crippen LogP contribution in [0.4, 0.5) is 0 Å². The Labute approximate surface area is 122 Å². The minimum Gasteiger partial charge on any atom is -0.490 e. The van der Waals surface area contributed by atoms with Gasteiger partial charge in [0.15, 0.2) is 0 Å². The highest BCUT2D eigenvalue weighted by atomic mass is 16.5. The van der Waals surface area contributed by atoms with Gasteiger partial charge >= 0.3 is 0 Å². The molecule has 1 aromatic carbocycles. The average molecular weight is 274 g/mol. The van der Waals surface area contributed by atoms with E-state index in [4.69, 9.17) is 15.9 Å². The number of nitrogens with one attached hydrogen (secondary N) is 1. The fourth-order valence-corrected chi connectivity index (χ4v) is 3.24. The van der Waals surface area contributed by atoms with Gasteiger partial charge in [-0.2, -0.15) is 0 Å². The van der Waals surface area contributed by atoms with Crippen molar-refractivity contribution in [3.8, 4) is 5.75 Å². The third-order valence-corrected chi connectivity index (χ3v) is 4.40. The zero-order chi connectivity index (χ0) is 14.7. The quantitative estimate of drug-likeness (QED) is 0.645. The minimum absolute atomic E-state index is 0.117. The SMILES string of the molecule is CCC1CCCCC1Oc1c(C)cc(C(=N)N)cc1C. The van der Waals surface area contributed by atoms with Crippen LogP contribution in [-0.2, 0) is 0 Å². The summed E-state index contributed by atoms with van der Waals surface area (Å²) in [7, 11) is 0. The first kappa shape index (κ1) is 14.9. The Morgan fingerprint density at radius 3 is 2.40 bits per heavy atom. The maximum atomic E-state index is 7.55. The molecule has 0 spiro atoms. The lowest BCUT2D eigenvalue weighted by atomic mass is 9.84. The number of amidine groups is 1. The maximum absolute atomic E-state index is 7.55. The summed E-state index contributed by atoms with van der Waals surface area (Å²) in [5.41, 5.74) is 8.51. The summed E-state index contributed by atoms with van der Waals surface area (Å²) < 4.78 is 6.34. The first-order chi connectivity index (χ1) is 9.52. The Morgan fingerprint density at radius 2 is 1.85 bits per heavy atom. The van der Waals surface area contributed by atoms with Crippen molar-refractivity contribution >= 4 is 5.84 Å². The number of hydrogen-bond acceptors (Lipinski definition) is 2. The van der Waals surface area contributed by atoms with E-state index in [1.165, 1.54) is 25.7 Å². The van der Waals surface area contributed by atoms with E-state index in [0.29, 0.717) is 12.0 Å². The molecule has 0 saturated heterocycles. The molecule has 3 N–H and O–H groups in total. The molecule has 2 unspecified atom stereocenters. The molecule has 0 radical (unpaired) electrons. The average Bonchev–Trinajstić information content (AvgIpc) is 2.42. The molecular weight excluding hydrogens is 248 g/mol. The van der Waals surface area contributed by atoms with E-state index in [9.17, 15) is 0 Å². The Morgan fingerprint density at radius 1 is 1.25 bits per heavy atom. The Balaban J connectivity index is 2.22. The van der Waals surface area contributed by atoms with Gasteiger partial charge in [-0.15, -0.1) is 0 Å². The number of nitrogens with two attached hydrogens (primary N) is 1. The van der Waals surface area contributed by atoms with Gasteiger partial charge in [-0.25, -0.2) is 0 Å². The van der Waals surface area contributed by atoms with Crippen molar-refractivity contribution in [1.29, 1.82) is 5.41 Å².